The maximum atomic E-state index is 10.9. The zero-order chi connectivity index (χ0) is 20.2. The Labute approximate surface area is 169 Å². The number of nitro benzene ring substituents is 1. The van der Waals surface area contributed by atoms with Crippen molar-refractivity contribution in [1.82, 2.24) is 24.9 Å². The largest absolute Gasteiger partial charge is 0.338 e. The molecule has 2 heterocycles. The van der Waals surface area contributed by atoms with Gasteiger partial charge in [-0.15, -0.1) is 10.2 Å². The summed E-state index contributed by atoms with van der Waals surface area (Å²) in [4.78, 5) is 14.8. The molecule has 10 heteroatoms. The number of hydrogen-bond donors (Lipinski definition) is 0. The van der Waals surface area contributed by atoms with E-state index in [0.29, 0.717) is 29.6 Å². The van der Waals surface area contributed by atoms with Gasteiger partial charge in [0.2, 0.25) is 11.7 Å². The first-order valence-electron chi connectivity index (χ1n) is 8.74. The average Bonchev–Trinajstić information content (AvgIpc) is 3.35. The first-order valence-corrected chi connectivity index (χ1v) is 9.72. The molecule has 0 radical (unpaired) electrons. The van der Waals surface area contributed by atoms with E-state index in [1.165, 1.54) is 23.9 Å². The van der Waals surface area contributed by atoms with Crippen LogP contribution in [0.2, 0.25) is 0 Å². The lowest BCUT2D eigenvalue weighted by Crippen LogP contribution is -2.03. The second kappa shape index (κ2) is 8.23. The Bertz CT molecular complexity index is 1140. The van der Waals surface area contributed by atoms with E-state index in [4.69, 9.17) is 4.52 Å². The standard InChI is InChI=1S/C19H16N6O3S/c1-13-21-22-19(24(13)11-14-6-3-2-4-7-14)29-12-17-20-18(23-28-17)15-8-5-9-16(10-15)25(26)27/h2-10H,11-12H2,1H3. The fourth-order valence-electron chi connectivity index (χ4n) is 2.73. The van der Waals surface area contributed by atoms with Crippen molar-refractivity contribution in [3.05, 3.63) is 82.0 Å². The molecule has 4 rings (SSSR count). The number of aromatic nitrogens is 5. The number of thioether (sulfide) groups is 1. The maximum absolute atomic E-state index is 10.9. The van der Waals surface area contributed by atoms with E-state index in [2.05, 4.69) is 32.5 Å². The van der Waals surface area contributed by atoms with Gasteiger partial charge < -0.3 is 9.09 Å². The Balaban J connectivity index is 1.47. The number of nitrogens with zero attached hydrogens (tertiary/aromatic N) is 6. The van der Waals surface area contributed by atoms with Crippen LogP contribution in [0.25, 0.3) is 11.4 Å². The Morgan fingerprint density at radius 2 is 1.97 bits per heavy atom. The lowest BCUT2D eigenvalue weighted by molar-refractivity contribution is -0.384. The Kier molecular flexibility index (Phi) is 5.34. The number of aryl methyl sites for hydroxylation is 1. The molecule has 0 bridgehead atoms. The molecule has 29 heavy (non-hydrogen) atoms. The molecular formula is C19H16N6O3S. The molecule has 0 saturated heterocycles. The summed E-state index contributed by atoms with van der Waals surface area (Å²) >= 11 is 1.44. The van der Waals surface area contributed by atoms with Crippen LogP contribution < -0.4 is 0 Å². The molecule has 0 aliphatic heterocycles. The van der Waals surface area contributed by atoms with Gasteiger partial charge in [-0.25, -0.2) is 0 Å². The quantitative estimate of drug-likeness (QED) is 0.257. The number of hydrogen-bond acceptors (Lipinski definition) is 8. The zero-order valence-electron chi connectivity index (χ0n) is 15.4. The minimum Gasteiger partial charge on any atom is -0.338 e. The topological polar surface area (TPSA) is 113 Å². The normalized spacial score (nSPS) is 10.9. The summed E-state index contributed by atoms with van der Waals surface area (Å²) in [7, 11) is 0. The third-order valence-corrected chi connectivity index (χ3v) is 5.14. The van der Waals surface area contributed by atoms with Crippen LogP contribution in [0.4, 0.5) is 5.69 Å². The SMILES string of the molecule is Cc1nnc(SCc2nc(-c3cccc([N+](=O)[O-])c3)no2)n1Cc1ccccc1. The molecule has 0 N–H and O–H groups in total. The van der Waals surface area contributed by atoms with E-state index in [9.17, 15) is 10.1 Å². The van der Waals surface area contributed by atoms with Gasteiger partial charge in [-0.05, 0) is 12.5 Å². The van der Waals surface area contributed by atoms with E-state index in [1.54, 1.807) is 12.1 Å². The van der Waals surface area contributed by atoms with Crippen molar-refractivity contribution < 1.29 is 9.45 Å². The molecule has 0 unspecified atom stereocenters. The minimum absolute atomic E-state index is 0.0206. The van der Waals surface area contributed by atoms with Crippen LogP contribution in [0.3, 0.4) is 0 Å². The highest BCUT2D eigenvalue weighted by molar-refractivity contribution is 7.98. The fraction of sp³-hybridized carbons (Fsp3) is 0.158. The first kappa shape index (κ1) is 18.8. The van der Waals surface area contributed by atoms with Gasteiger partial charge in [-0.1, -0.05) is 59.4 Å². The Hall–Kier alpha value is -3.53. The monoisotopic (exact) mass is 408 g/mol. The van der Waals surface area contributed by atoms with Crippen LogP contribution in [0.15, 0.2) is 64.3 Å². The highest BCUT2D eigenvalue weighted by atomic mass is 32.2. The summed E-state index contributed by atoms with van der Waals surface area (Å²) in [5.41, 5.74) is 1.66. The highest BCUT2D eigenvalue weighted by Gasteiger charge is 2.15. The van der Waals surface area contributed by atoms with Gasteiger partial charge in [-0.3, -0.25) is 10.1 Å². The summed E-state index contributed by atoms with van der Waals surface area (Å²) in [6.45, 7) is 2.58. The molecule has 2 aromatic heterocycles. The van der Waals surface area contributed by atoms with Gasteiger partial charge in [-0.2, -0.15) is 4.98 Å². The number of rotatable bonds is 7. The Morgan fingerprint density at radius 1 is 1.14 bits per heavy atom. The average molecular weight is 408 g/mol. The van der Waals surface area contributed by atoms with E-state index in [-0.39, 0.29) is 5.69 Å². The van der Waals surface area contributed by atoms with Crippen molar-refractivity contribution in [3.63, 3.8) is 0 Å². The van der Waals surface area contributed by atoms with Crippen molar-refractivity contribution in [3.8, 4) is 11.4 Å². The second-order valence-electron chi connectivity index (χ2n) is 6.21. The predicted octanol–water partition coefficient (Wildman–Crippen LogP) is 3.89. The smallest absolute Gasteiger partial charge is 0.270 e. The molecule has 2 aromatic carbocycles. The minimum atomic E-state index is -0.456. The molecule has 0 fully saturated rings. The highest BCUT2D eigenvalue weighted by Crippen LogP contribution is 2.25. The molecule has 0 amide bonds. The van der Waals surface area contributed by atoms with Gasteiger partial charge in [0, 0.05) is 17.7 Å². The molecule has 0 spiro atoms. The summed E-state index contributed by atoms with van der Waals surface area (Å²) in [6.07, 6.45) is 0. The van der Waals surface area contributed by atoms with E-state index in [0.717, 1.165) is 16.5 Å². The van der Waals surface area contributed by atoms with Crippen LogP contribution in [0.1, 0.15) is 17.3 Å². The Morgan fingerprint density at radius 3 is 2.76 bits per heavy atom. The van der Waals surface area contributed by atoms with Crippen molar-refractivity contribution >= 4 is 17.4 Å². The van der Waals surface area contributed by atoms with Crippen LogP contribution in [0.5, 0.6) is 0 Å². The van der Waals surface area contributed by atoms with Crippen LogP contribution in [-0.2, 0) is 12.3 Å². The summed E-state index contributed by atoms with van der Waals surface area (Å²) < 4.78 is 7.32. The molecule has 0 aliphatic carbocycles. The van der Waals surface area contributed by atoms with E-state index >= 15 is 0 Å². The van der Waals surface area contributed by atoms with Gasteiger partial charge >= 0.3 is 0 Å². The molecule has 4 aromatic rings. The van der Waals surface area contributed by atoms with Gasteiger partial charge in [0.15, 0.2) is 5.16 Å². The van der Waals surface area contributed by atoms with E-state index in [1.807, 2.05) is 29.7 Å². The number of non-ortho nitro benzene ring substituents is 1. The molecule has 0 saturated carbocycles. The third kappa shape index (κ3) is 4.32. The van der Waals surface area contributed by atoms with Crippen LogP contribution >= 0.6 is 11.8 Å². The predicted molar refractivity (Wildman–Crippen MR) is 106 cm³/mol. The van der Waals surface area contributed by atoms with Crippen LogP contribution in [0, 0.1) is 17.0 Å². The van der Waals surface area contributed by atoms with Crippen LogP contribution in [-0.4, -0.2) is 29.8 Å². The molecular weight excluding hydrogens is 392 g/mol. The summed E-state index contributed by atoms with van der Waals surface area (Å²) in [6, 6.07) is 16.2. The lowest BCUT2D eigenvalue weighted by Gasteiger charge is -2.07. The van der Waals surface area contributed by atoms with Gasteiger partial charge in [0.25, 0.3) is 5.69 Å². The van der Waals surface area contributed by atoms with Crippen molar-refractivity contribution in [1.29, 1.82) is 0 Å². The van der Waals surface area contributed by atoms with Gasteiger partial charge in [0.05, 0.1) is 17.2 Å². The summed E-state index contributed by atoms with van der Waals surface area (Å²) in [5, 5.41) is 24.0. The molecule has 146 valence electrons. The zero-order valence-corrected chi connectivity index (χ0v) is 16.2. The lowest BCUT2D eigenvalue weighted by atomic mass is 10.2. The maximum Gasteiger partial charge on any atom is 0.270 e. The van der Waals surface area contributed by atoms with Crippen molar-refractivity contribution in [2.45, 2.75) is 24.4 Å². The van der Waals surface area contributed by atoms with Crippen molar-refractivity contribution in [2.75, 3.05) is 0 Å². The fourth-order valence-corrected chi connectivity index (χ4v) is 3.55. The van der Waals surface area contributed by atoms with Crippen molar-refractivity contribution in [2.24, 2.45) is 0 Å². The molecule has 0 aliphatic rings. The first-order chi connectivity index (χ1) is 14.1. The van der Waals surface area contributed by atoms with E-state index < -0.39 is 4.92 Å². The summed E-state index contributed by atoms with van der Waals surface area (Å²) in [5.74, 6) is 1.95. The third-order valence-electron chi connectivity index (χ3n) is 4.19. The number of benzene rings is 2. The number of nitro groups is 1. The molecule has 9 nitrogen and oxygen atoms in total. The van der Waals surface area contributed by atoms with Gasteiger partial charge in [0.1, 0.15) is 5.82 Å². The second-order valence-corrected chi connectivity index (χ2v) is 7.15. The molecule has 0 atom stereocenters.